The number of fused-ring (bicyclic) bond motifs is 3. The van der Waals surface area contributed by atoms with E-state index in [-0.39, 0.29) is 21.5 Å². The van der Waals surface area contributed by atoms with Crippen LogP contribution in [0.4, 0.5) is 5.82 Å². The Morgan fingerprint density at radius 1 is 0.857 bits per heavy atom. The Morgan fingerprint density at radius 3 is 2.26 bits per heavy atom. The van der Waals surface area contributed by atoms with Crippen molar-refractivity contribution in [3.63, 3.8) is 0 Å². The lowest BCUT2D eigenvalue weighted by molar-refractivity contribution is 0.592. The number of hydrogen-bond acceptors (Lipinski definition) is 6. The van der Waals surface area contributed by atoms with Crippen LogP contribution in [0.2, 0.25) is 0 Å². The minimum absolute atomic E-state index is 0.153. The van der Waals surface area contributed by atoms with Crippen LogP contribution in [0.25, 0.3) is 16.6 Å². The first-order valence-corrected chi connectivity index (χ1v) is 13.1. The Bertz CT molecular complexity index is 1590. The highest BCUT2D eigenvalue weighted by atomic mass is 32.2. The molecular formula is C27H27N5O2S. The fraction of sp³-hybridized carbons (Fsp3) is 0.222. The monoisotopic (exact) mass is 485 g/mol. The Kier molecular flexibility index (Phi) is 5.98. The van der Waals surface area contributed by atoms with E-state index in [0.29, 0.717) is 18.3 Å². The Labute approximate surface area is 204 Å². The van der Waals surface area contributed by atoms with Gasteiger partial charge in [0.15, 0.2) is 5.65 Å². The van der Waals surface area contributed by atoms with Crippen molar-refractivity contribution in [1.82, 2.24) is 19.8 Å². The molecule has 2 heterocycles. The highest BCUT2D eigenvalue weighted by Crippen LogP contribution is 2.29. The summed E-state index contributed by atoms with van der Waals surface area (Å²) in [4.78, 5) is 4.89. The van der Waals surface area contributed by atoms with Crippen LogP contribution in [-0.4, -0.2) is 34.8 Å². The summed E-state index contributed by atoms with van der Waals surface area (Å²) in [6.45, 7) is 6.91. The van der Waals surface area contributed by atoms with Gasteiger partial charge in [0.25, 0.3) is 0 Å². The number of aromatic nitrogens is 4. The van der Waals surface area contributed by atoms with Crippen molar-refractivity contribution >= 4 is 32.2 Å². The highest BCUT2D eigenvalue weighted by molar-refractivity contribution is 7.91. The van der Waals surface area contributed by atoms with Gasteiger partial charge in [-0.3, -0.25) is 0 Å². The number of nitrogens with zero attached hydrogens (tertiary/aromatic N) is 4. The van der Waals surface area contributed by atoms with Gasteiger partial charge in [0, 0.05) is 11.9 Å². The summed E-state index contributed by atoms with van der Waals surface area (Å²) < 4.78 is 28.5. The van der Waals surface area contributed by atoms with Crippen LogP contribution < -0.4 is 5.32 Å². The van der Waals surface area contributed by atoms with Gasteiger partial charge in [-0.1, -0.05) is 80.6 Å². The van der Waals surface area contributed by atoms with Crippen LogP contribution in [-0.2, 0) is 9.84 Å². The molecular weight excluding hydrogens is 458 g/mol. The molecule has 0 aliphatic heterocycles. The third-order valence-electron chi connectivity index (χ3n) is 6.28. The Balaban J connectivity index is 1.57. The second-order valence-electron chi connectivity index (χ2n) is 9.03. The number of benzene rings is 3. The van der Waals surface area contributed by atoms with Crippen LogP contribution in [0.3, 0.4) is 0 Å². The molecule has 0 amide bonds. The molecule has 7 nitrogen and oxygen atoms in total. The number of hydrogen-bond donors (Lipinski definition) is 1. The van der Waals surface area contributed by atoms with E-state index in [2.05, 4.69) is 48.5 Å². The molecule has 0 saturated heterocycles. The van der Waals surface area contributed by atoms with Crippen LogP contribution in [0.15, 0.2) is 88.8 Å². The molecule has 0 fully saturated rings. The zero-order valence-corrected chi connectivity index (χ0v) is 20.7. The maximum atomic E-state index is 13.5. The van der Waals surface area contributed by atoms with Crippen molar-refractivity contribution in [2.24, 2.45) is 0 Å². The molecule has 8 heteroatoms. The molecule has 0 aliphatic rings. The first kappa shape index (κ1) is 23.0. The predicted molar refractivity (Wildman–Crippen MR) is 138 cm³/mol. The van der Waals surface area contributed by atoms with Gasteiger partial charge in [0.2, 0.25) is 14.9 Å². The molecule has 0 aliphatic carbocycles. The zero-order chi connectivity index (χ0) is 24.6. The lowest BCUT2D eigenvalue weighted by Crippen LogP contribution is -2.12. The van der Waals surface area contributed by atoms with Crippen molar-refractivity contribution in [2.75, 3.05) is 11.9 Å². The van der Waals surface area contributed by atoms with Gasteiger partial charge < -0.3 is 5.32 Å². The maximum Gasteiger partial charge on any atom is 0.229 e. The van der Waals surface area contributed by atoms with Crippen LogP contribution in [0.5, 0.6) is 0 Å². The number of nitrogens with one attached hydrogen (secondary N) is 1. The van der Waals surface area contributed by atoms with E-state index in [0.717, 1.165) is 16.5 Å². The summed E-state index contributed by atoms with van der Waals surface area (Å²) in [7, 11) is -3.91. The van der Waals surface area contributed by atoms with E-state index in [1.165, 1.54) is 10.1 Å². The van der Waals surface area contributed by atoms with Crippen LogP contribution in [0.1, 0.15) is 43.7 Å². The zero-order valence-electron chi connectivity index (χ0n) is 19.9. The molecule has 5 aromatic rings. The van der Waals surface area contributed by atoms with Crippen molar-refractivity contribution in [2.45, 2.75) is 42.5 Å². The summed E-state index contributed by atoms with van der Waals surface area (Å²) in [6, 6.07) is 24.8. The van der Waals surface area contributed by atoms with Crippen molar-refractivity contribution < 1.29 is 8.42 Å². The summed E-state index contributed by atoms with van der Waals surface area (Å²) >= 11 is 0. The topological polar surface area (TPSA) is 89.2 Å². The molecule has 0 radical (unpaired) electrons. The number of sulfone groups is 1. The molecule has 0 spiro atoms. The van der Waals surface area contributed by atoms with Crippen molar-refractivity contribution in [3.8, 4) is 0 Å². The molecule has 1 N–H and O–H groups in total. The van der Waals surface area contributed by atoms with Gasteiger partial charge in [0.1, 0.15) is 5.82 Å². The fourth-order valence-corrected chi connectivity index (χ4v) is 5.38. The first-order chi connectivity index (χ1) is 16.9. The summed E-state index contributed by atoms with van der Waals surface area (Å²) in [5.74, 6) is 1.14. The smallest absolute Gasteiger partial charge is 0.229 e. The van der Waals surface area contributed by atoms with Gasteiger partial charge in [-0.15, -0.1) is 5.10 Å². The molecule has 2 aromatic heterocycles. The molecule has 178 valence electrons. The average molecular weight is 486 g/mol. The third-order valence-corrected chi connectivity index (χ3v) is 7.94. The molecule has 1 unspecified atom stereocenters. The summed E-state index contributed by atoms with van der Waals surface area (Å²) in [5.41, 5.74) is 3.22. The van der Waals surface area contributed by atoms with E-state index in [1.54, 1.807) is 12.1 Å². The Morgan fingerprint density at radius 2 is 1.54 bits per heavy atom. The predicted octanol–water partition coefficient (Wildman–Crippen LogP) is 5.45. The lowest BCUT2D eigenvalue weighted by Gasteiger charge is -2.15. The van der Waals surface area contributed by atoms with Crippen molar-refractivity contribution in [3.05, 3.63) is 90.0 Å². The quantitative estimate of drug-likeness (QED) is 0.330. The van der Waals surface area contributed by atoms with E-state index in [1.807, 2.05) is 54.6 Å². The largest absolute Gasteiger partial charge is 0.369 e. The number of rotatable bonds is 7. The Hall–Kier alpha value is -3.78. The van der Waals surface area contributed by atoms with Crippen LogP contribution in [0, 0.1) is 0 Å². The third kappa shape index (κ3) is 4.25. The standard InChI is InChI=1S/C27H27N5O2S/c1-18(2)20-13-15-22(16-14-20)35(33,34)27-26-29-25(28-17-19(3)21-9-5-4-6-10-21)23-11-7-8-12-24(23)32(26)31-30-27/h4-16,18-19H,17H2,1-3H3,(H,28,29). The van der Waals surface area contributed by atoms with E-state index >= 15 is 0 Å². The fourth-order valence-electron chi connectivity index (χ4n) is 4.15. The molecule has 0 bridgehead atoms. The van der Waals surface area contributed by atoms with Gasteiger partial charge in [-0.25, -0.2) is 13.4 Å². The summed E-state index contributed by atoms with van der Waals surface area (Å²) in [6.07, 6.45) is 0. The lowest BCUT2D eigenvalue weighted by atomic mass is 10.0. The first-order valence-electron chi connectivity index (χ1n) is 11.6. The van der Waals surface area contributed by atoms with E-state index in [4.69, 9.17) is 4.98 Å². The molecule has 3 aromatic carbocycles. The summed E-state index contributed by atoms with van der Waals surface area (Å²) in [5, 5.41) is 12.4. The number of anilines is 1. The van der Waals surface area contributed by atoms with Gasteiger partial charge >= 0.3 is 0 Å². The molecule has 35 heavy (non-hydrogen) atoms. The molecule has 1 atom stereocenters. The highest BCUT2D eigenvalue weighted by Gasteiger charge is 2.27. The van der Waals surface area contributed by atoms with Crippen LogP contribution >= 0.6 is 0 Å². The minimum Gasteiger partial charge on any atom is -0.369 e. The molecule has 5 rings (SSSR count). The SMILES string of the molecule is CC(C)c1ccc(S(=O)(=O)c2nnn3c2nc(NCC(C)c2ccccc2)c2ccccc23)cc1. The maximum absolute atomic E-state index is 13.5. The number of para-hydroxylation sites is 1. The second-order valence-corrected chi connectivity index (χ2v) is 10.9. The van der Waals surface area contributed by atoms with Crippen molar-refractivity contribution in [1.29, 1.82) is 0 Å². The normalized spacial score (nSPS) is 12.9. The van der Waals surface area contributed by atoms with E-state index < -0.39 is 9.84 Å². The minimum atomic E-state index is -3.91. The van der Waals surface area contributed by atoms with Gasteiger partial charge in [-0.2, -0.15) is 4.52 Å². The van der Waals surface area contributed by atoms with Gasteiger partial charge in [-0.05, 0) is 47.2 Å². The van der Waals surface area contributed by atoms with Gasteiger partial charge in [0.05, 0.1) is 10.4 Å². The molecule has 0 saturated carbocycles. The average Bonchev–Trinajstić information content (AvgIpc) is 3.32. The van der Waals surface area contributed by atoms with E-state index in [9.17, 15) is 8.42 Å². The second kappa shape index (κ2) is 9.11.